The molecule has 0 amide bonds. The number of allylic oxidation sites excluding steroid dienone is 4. The van der Waals surface area contributed by atoms with Crippen molar-refractivity contribution >= 4 is 0 Å². The lowest BCUT2D eigenvalue weighted by molar-refractivity contribution is 0.227. The van der Waals surface area contributed by atoms with Crippen molar-refractivity contribution in [1.82, 2.24) is 0 Å². The summed E-state index contributed by atoms with van der Waals surface area (Å²) < 4.78 is 10.3. The highest BCUT2D eigenvalue weighted by Gasteiger charge is 2.05. The molecule has 0 saturated heterocycles. The molecule has 1 rings (SSSR count). The largest absolute Gasteiger partial charge is 0.497 e. The van der Waals surface area contributed by atoms with Crippen molar-refractivity contribution in [3.8, 4) is 0 Å². The lowest BCUT2D eigenvalue weighted by Crippen LogP contribution is -1.92. The van der Waals surface area contributed by atoms with Gasteiger partial charge in [-0.2, -0.15) is 0 Å². The van der Waals surface area contributed by atoms with Crippen LogP contribution >= 0.6 is 0 Å². The summed E-state index contributed by atoms with van der Waals surface area (Å²) in [5, 5.41) is 0. The van der Waals surface area contributed by atoms with Gasteiger partial charge in [0.05, 0.1) is 14.2 Å². The smallest absolute Gasteiger partial charge is 0.156 e. The summed E-state index contributed by atoms with van der Waals surface area (Å²) in [5.41, 5.74) is 1.23. The first-order valence-corrected chi connectivity index (χ1v) is 3.94. The Kier molecular flexibility index (Phi) is 2.97. The molecule has 0 radical (unpaired) electrons. The van der Waals surface area contributed by atoms with E-state index in [1.165, 1.54) is 5.57 Å². The lowest BCUT2D eigenvalue weighted by atomic mass is 10.2. The van der Waals surface area contributed by atoms with Crippen molar-refractivity contribution in [1.29, 1.82) is 0 Å². The maximum atomic E-state index is 5.18. The highest BCUT2D eigenvalue weighted by Crippen LogP contribution is 2.18. The van der Waals surface area contributed by atoms with Crippen molar-refractivity contribution in [2.45, 2.75) is 13.3 Å². The first kappa shape index (κ1) is 8.91. The quantitative estimate of drug-likeness (QED) is 0.627. The summed E-state index contributed by atoms with van der Waals surface area (Å²) in [5.74, 6) is 1.69. The number of rotatable bonds is 2. The summed E-state index contributed by atoms with van der Waals surface area (Å²) in [4.78, 5) is 0. The molecule has 0 N–H and O–H groups in total. The standard InChI is InChI=1S/C10H14O2/c1-8-4-6-9(11-2)10(12-3)7-5-8/h4-6H,7H2,1-3H3. The molecule has 0 saturated carbocycles. The van der Waals surface area contributed by atoms with Crippen LogP contribution in [0.25, 0.3) is 0 Å². The fourth-order valence-electron chi connectivity index (χ4n) is 1.09. The average molecular weight is 166 g/mol. The van der Waals surface area contributed by atoms with E-state index in [2.05, 4.69) is 13.0 Å². The molecule has 0 atom stereocenters. The van der Waals surface area contributed by atoms with E-state index in [-0.39, 0.29) is 0 Å². The Hall–Kier alpha value is -1.18. The fraction of sp³-hybridized carbons (Fsp3) is 0.400. The zero-order valence-electron chi connectivity index (χ0n) is 7.76. The Balaban J connectivity index is 2.89. The van der Waals surface area contributed by atoms with Gasteiger partial charge in [0.25, 0.3) is 0 Å². The second kappa shape index (κ2) is 4.00. The molecule has 1 aliphatic carbocycles. The second-order valence-corrected chi connectivity index (χ2v) is 2.68. The molecular weight excluding hydrogens is 152 g/mol. The fourth-order valence-corrected chi connectivity index (χ4v) is 1.09. The predicted octanol–water partition coefficient (Wildman–Crippen LogP) is 2.40. The molecule has 0 bridgehead atoms. The highest BCUT2D eigenvalue weighted by atomic mass is 16.5. The molecule has 0 fully saturated rings. The van der Waals surface area contributed by atoms with Gasteiger partial charge in [0.1, 0.15) is 5.76 Å². The Labute approximate surface area is 73.2 Å². The van der Waals surface area contributed by atoms with E-state index in [1.807, 2.05) is 12.2 Å². The molecule has 0 aliphatic heterocycles. The average Bonchev–Trinajstić information content (AvgIpc) is 2.27. The summed E-state index contributed by atoms with van der Waals surface area (Å²) in [7, 11) is 3.32. The van der Waals surface area contributed by atoms with Crippen LogP contribution in [0.3, 0.4) is 0 Å². The Morgan fingerprint density at radius 3 is 2.50 bits per heavy atom. The van der Waals surface area contributed by atoms with Gasteiger partial charge in [0.15, 0.2) is 5.76 Å². The third-order valence-corrected chi connectivity index (χ3v) is 1.85. The van der Waals surface area contributed by atoms with Crippen LogP contribution in [0.5, 0.6) is 0 Å². The van der Waals surface area contributed by atoms with Crippen LogP contribution in [0, 0.1) is 0 Å². The van der Waals surface area contributed by atoms with Gasteiger partial charge in [-0.3, -0.25) is 0 Å². The molecule has 66 valence electrons. The molecular formula is C10H14O2. The second-order valence-electron chi connectivity index (χ2n) is 2.68. The van der Waals surface area contributed by atoms with Crippen LogP contribution < -0.4 is 0 Å². The van der Waals surface area contributed by atoms with Crippen LogP contribution in [-0.4, -0.2) is 14.2 Å². The Morgan fingerprint density at radius 2 is 1.92 bits per heavy atom. The molecule has 0 spiro atoms. The van der Waals surface area contributed by atoms with E-state index >= 15 is 0 Å². The summed E-state index contributed by atoms with van der Waals surface area (Å²) in [6.07, 6.45) is 6.86. The maximum absolute atomic E-state index is 5.18. The first-order valence-electron chi connectivity index (χ1n) is 3.94. The van der Waals surface area contributed by atoms with Crippen molar-refractivity contribution < 1.29 is 9.47 Å². The third-order valence-electron chi connectivity index (χ3n) is 1.85. The predicted molar refractivity (Wildman–Crippen MR) is 48.6 cm³/mol. The van der Waals surface area contributed by atoms with Crippen molar-refractivity contribution in [3.05, 3.63) is 35.3 Å². The van der Waals surface area contributed by atoms with Crippen LogP contribution in [0.1, 0.15) is 13.3 Å². The number of hydrogen-bond acceptors (Lipinski definition) is 2. The minimum absolute atomic E-state index is 0.804. The van der Waals surface area contributed by atoms with Crippen LogP contribution in [0.15, 0.2) is 35.3 Å². The minimum Gasteiger partial charge on any atom is -0.497 e. The van der Waals surface area contributed by atoms with Gasteiger partial charge in [-0.25, -0.2) is 0 Å². The minimum atomic E-state index is 0.804. The summed E-state index contributed by atoms with van der Waals surface area (Å²) in [6.45, 7) is 2.06. The summed E-state index contributed by atoms with van der Waals surface area (Å²) >= 11 is 0. The number of hydrogen-bond donors (Lipinski definition) is 0. The number of methoxy groups -OCH3 is 2. The van der Waals surface area contributed by atoms with Gasteiger partial charge >= 0.3 is 0 Å². The molecule has 0 heterocycles. The van der Waals surface area contributed by atoms with Crippen LogP contribution in [0.2, 0.25) is 0 Å². The maximum Gasteiger partial charge on any atom is 0.156 e. The highest BCUT2D eigenvalue weighted by molar-refractivity contribution is 5.30. The van der Waals surface area contributed by atoms with E-state index in [1.54, 1.807) is 14.2 Å². The van der Waals surface area contributed by atoms with Crippen molar-refractivity contribution in [2.75, 3.05) is 14.2 Å². The van der Waals surface area contributed by atoms with E-state index in [0.717, 1.165) is 17.9 Å². The van der Waals surface area contributed by atoms with Gasteiger partial charge in [-0.1, -0.05) is 17.7 Å². The Bertz CT molecular complexity index is 247. The zero-order chi connectivity index (χ0) is 8.97. The van der Waals surface area contributed by atoms with E-state index in [9.17, 15) is 0 Å². The lowest BCUT2D eigenvalue weighted by Gasteiger charge is -2.06. The third kappa shape index (κ3) is 1.91. The summed E-state index contributed by atoms with van der Waals surface area (Å²) in [6, 6.07) is 0. The van der Waals surface area contributed by atoms with Crippen LogP contribution in [-0.2, 0) is 9.47 Å². The molecule has 2 nitrogen and oxygen atoms in total. The Morgan fingerprint density at radius 1 is 1.17 bits per heavy atom. The normalized spacial score (nSPS) is 17.1. The molecule has 0 aromatic heterocycles. The van der Waals surface area contributed by atoms with E-state index in [4.69, 9.17) is 9.47 Å². The van der Waals surface area contributed by atoms with Gasteiger partial charge < -0.3 is 9.47 Å². The van der Waals surface area contributed by atoms with Gasteiger partial charge in [0.2, 0.25) is 0 Å². The SMILES string of the molecule is COC1=C(OC)CC=C(C)C=C1. The van der Waals surface area contributed by atoms with Gasteiger partial charge in [-0.05, 0) is 13.0 Å². The number of ether oxygens (including phenoxy) is 2. The molecule has 0 unspecified atom stereocenters. The molecule has 0 aromatic rings. The molecule has 2 heteroatoms. The molecule has 1 aliphatic rings. The van der Waals surface area contributed by atoms with Gasteiger partial charge in [-0.15, -0.1) is 0 Å². The zero-order valence-corrected chi connectivity index (χ0v) is 7.76. The monoisotopic (exact) mass is 166 g/mol. The first-order chi connectivity index (χ1) is 5.77. The van der Waals surface area contributed by atoms with E-state index in [0.29, 0.717) is 0 Å². The van der Waals surface area contributed by atoms with Crippen molar-refractivity contribution in [2.24, 2.45) is 0 Å². The molecule has 12 heavy (non-hydrogen) atoms. The van der Waals surface area contributed by atoms with Gasteiger partial charge in [0, 0.05) is 6.42 Å². The van der Waals surface area contributed by atoms with E-state index < -0.39 is 0 Å². The van der Waals surface area contributed by atoms with Crippen molar-refractivity contribution in [3.63, 3.8) is 0 Å². The topological polar surface area (TPSA) is 18.5 Å². The molecule has 0 aromatic carbocycles. The van der Waals surface area contributed by atoms with Crippen LogP contribution in [0.4, 0.5) is 0 Å².